The Morgan fingerprint density at radius 3 is 2.67 bits per heavy atom. The van der Waals surface area contributed by atoms with Gasteiger partial charge in [0.15, 0.2) is 0 Å². The lowest BCUT2D eigenvalue weighted by Gasteiger charge is -2.37. The normalized spacial score (nSPS) is 26.9. The molecular formula is C19H28N4O4. The van der Waals surface area contributed by atoms with Gasteiger partial charge in [-0.05, 0) is 38.5 Å². The molecule has 5 heterocycles. The number of fused-ring (bicyclic) bond motifs is 4. The Kier molecular flexibility index (Phi) is 5.19. The highest BCUT2D eigenvalue weighted by Crippen LogP contribution is 2.30. The summed E-state index contributed by atoms with van der Waals surface area (Å²) in [6, 6.07) is 0.764. The molecule has 4 aliphatic rings. The summed E-state index contributed by atoms with van der Waals surface area (Å²) in [4.78, 5) is 43.3. The lowest BCUT2D eigenvalue weighted by Crippen LogP contribution is -2.50. The predicted octanol–water partition coefficient (Wildman–Crippen LogP) is -0.0532. The number of nitrogens with one attached hydrogen (secondary N) is 1. The Morgan fingerprint density at radius 1 is 1.11 bits per heavy atom. The molecule has 1 aromatic rings. The van der Waals surface area contributed by atoms with E-state index in [2.05, 4.69) is 9.88 Å². The molecule has 27 heavy (non-hydrogen) atoms. The number of ether oxygens (including phenoxy) is 1. The van der Waals surface area contributed by atoms with Crippen LogP contribution in [0.1, 0.15) is 31.2 Å². The van der Waals surface area contributed by atoms with Crippen molar-refractivity contribution in [2.75, 3.05) is 32.8 Å². The van der Waals surface area contributed by atoms with Gasteiger partial charge in [0.05, 0.1) is 0 Å². The molecule has 0 radical (unpaired) electrons. The number of hydrogen-bond donors (Lipinski definition) is 1. The minimum absolute atomic E-state index is 0.0169. The van der Waals surface area contributed by atoms with E-state index in [0.717, 1.165) is 58.5 Å². The van der Waals surface area contributed by atoms with E-state index in [1.165, 1.54) is 10.8 Å². The number of carbonyl (C=O) groups is 1. The monoisotopic (exact) mass is 376 g/mol. The van der Waals surface area contributed by atoms with Gasteiger partial charge in [-0.25, -0.2) is 4.79 Å². The molecule has 148 valence electrons. The van der Waals surface area contributed by atoms with Gasteiger partial charge in [-0.2, -0.15) is 0 Å². The zero-order chi connectivity index (χ0) is 19.0. The molecule has 0 aliphatic carbocycles. The van der Waals surface area contributed by atoms with Gasteiger partial charge in [0.1, 0.15) is 6.54 Å². The van der Waals surface area contributed by atoms with Crippen LogP contribution in [0.2, 0.25) is 0 Å². The second-order valence-corrected chi connectivity index (χ2v) is 8.14. The molecule has 0 aromatic carbocycles. The van der Waals surface area contributed by atoms with E-state index >= 15 is 0 Å². The number of aromatic amines is 1. The highest BCUT2D eigenvalue weighted by molar-refractivity contribution is 5.76. The van der Waals surface area contributed by atoms with Gasteiger partial charge < -0.3 is 9.64 Å². The van der Waals surface area contributed by atoms with Crippen molar-refractivity contribution < 1.29 is 9.53 Å². The Balaban J connectivity index is 1.48. The number of amides is 1. The van der Waals surface area contributed by atoms with Gasteiger partial charge in [-0.3, -0.25) is 24.0 Å². The van der Waals surface area contributed by atoms with Gasteiger partial charge in [-0.15, -0.1) is 0 Å². The Bertz CT molecular complexity index is 811. The summed E-state index contributed by atoms with van der Waals surface area (Å²) in [5.41, 5.74) is -0.488. The number of hydrogen-bond acceptors (Lipinski definition) is 5. The zero-order valence-corrected chi connectivity index (χ0v) is 15.9. The second-order valence-electron chi connectivity index (χ2n) is 8.14. The van der Waals surface area contributed by atoms with Gasteiger partial charge in [0.25, 0.3) is 5.56 Å². The fourth-order valence-corrected chi connectivity index (χ4v) is 4.74. The van der Waals surface area contributed by atoms with Crippen LogP contribution >= 0.6 is 0 Å². The lowest BCUT2D eigenvalue weighted by molar-refractivity contribution is -0.136. The smallest absolute Gasteiger partial charge is 0.328 e. The Labute approximate surface area is 158 Å². The van der Waals surface area contributed by atoms with E-state index in [-0.39, 0.29) is 18.5 Å². The first-order valence-electron chi connectivity index (χ1n) is 9.93. The summed E-state index contributed by atoms with van der Waals surface area (Å²) in [6.07, 6.45) is 5.80. The first-order chi connectivity index (χ1) is 13.0. The molecular weight excluding hydrogens is 348 g/mol. The molecule has 5 rings (SSSR count). The second kappa shape index (κ2) is 7.59. The highest BCUT2D eigenvalue weighted by Gasteiger charge is 2.39. The average Bonchev–Trinajstić information content (AvgIpc) is 2.99. The summed E-state index contributed by atoms with van der Waals surface area (Å²) in [5.74, 6) is 0.455. The number of aromatic nitrogens is 2. The van der Waals surface area contributed by atoms with Crippen molar-refractivity contribution in [2.24, 2.45) is 5.92 Å². The van der Waals surface area contributed by atoms with Crippen molar-refractivity contribution in [3.8, 4) is 0 Å². The topological polar surface area (TPSA) is 87.6 Å². The fraction of sp³-hybridized carbons (Fsp3) is 0.737. The minimum atomic E-state index is -0.525. The third kappa shape index (κ3) is 3.87. The fourth-order valence-electron chi connectivity index (χ4n) is 4.74. The third-order valence-electron chi connectivity index (χ3n) is 6.26. The SMILES string of the molecule is Cc1cn(CC(=O)N2C[C@H]3CC[C@@H]2CN(C2CCOCC2)C3)c(=O)[nH]c1=O. The molecule has 4 aliphatic heterocycles. The Morgan fingerprint density at radius 2 is 1.89 bits per heavy atom. The van der Waals surface area contributed by atoms with Crippen LogP contribution in [0.5, 0.6) is 0 Å². The third-order valence-corrected chi connectivity index (χ3v) is 6.26. The lowest BCUT2D eigenvalue weighted by atomic mass is 9.95. The molecule has 4 saturated heterocycles. The van der Waals surface area contributed by atoms with Crippen molar-refractivity contribution in [1.29, 1.82) is 0 Å². The van der Waals surface area contributed by atoms with Gasteiger partial charge in [0, 0.05) is 56.7 Å². The molecule has 2 bridgehead atoms. The van der Waals surface area contributed by atoms with Crippen LogP contribution in [0.4, 0.5) is 0 Å². The summed E-state index contributed by atoms with van der Waals surface area (Å²) in [6.45, 7) is 5.99. The zero-order valence-electron chi connectivity index (χ0n) is 15.9. The van der Waals surface area contributed by atoms with Crippen molar-refractivity contribution >= 4 is 5.91 Å². The first-order valence-corrected chi connectivity index (χ1v) is 9.93. The Hall–Kier alpha value is -1.93. The van der Waals surface area contributed by atoms with Crippen LogP contribution in [0.15, 0.2) is 15.8 Å². The molecule has 8 heteroatoms. The van der Waals surface area contributed by atoms with E-state index < -0.39 is 11.2 Å². The van der Waals surface area contributed by atoms with Gasteiger partial charge >= 0.3 is 5.69 Å². The maximum atomic E-state index is 13.0. The summed E-state index contributed by atoms with van der Waals surface area (Å²) in [7, 11) is 0. The van der Waals surface area contributed by atoms with E-state index in [9.17, 15) is 14.4 Å². The summed E-state index contributed by atoms with van der Waals surface area (Å²) >= 11 is 0. The average molecular weight is 376 g/mol. The maximum Gasteiger partial charge on any atom is 0.328 e. The molecule has 0 spiro atoms. The van der Waals surface area contributed by atoms with Crippen LogP contribution < -0.4 is 11.2 Å². The number of carbonyl (C=O) groups excluding carboxylic acids is 1. The predicted molar refractivity (Wildman–Crippen MR) is 99.7 cm³/mol. The standard InChI is InChI=1S/C19H28N4O4/c1-13-8-22(19(26)20-18(13)25)12-17(24)23-10-14-2-3-16(23)11-21(9-14)15-4-6-27-7-5-15/h8,14-16H,2-7,9-12H2,1H3,(H,20,25,26)/t14-,16+/m0/s1. The molecule has 1 aromatic heterocycles. The maximum absolute atomic E-state index is 13.0. The van der Waals surface area contributed by atoms with Gasteiger partial charge in [0.2, 0.25) is 5.91 Å². The van der Waals surface area contributed by atoms with E-state index in [1.807, 2.05) is 4.90 Å². The van der Waals surface area contributed by atoms with E-state index in [0.29, 0.717) is 17.5 Å². The number of piperidine rings is 1. The van der Waals surface area contributed by atoms with E-state index in [4.69, 9.17) is 4.74 Å². The molecule has 8 nitrogen and oxygen atoms in total. The van der Waals surface area contributed by atoms with Crippen molar-refractivity contribution in [3.63, 3.8) is 0 Å². The molecule has 1 N–H and O–H groups in total. The van der Waals surface area contributed by atoms with Crippen molar-refractivity contribution in [1.82, 2.24) is 19.4 Å². The largest absolute Gasteiger partial charge is 0.381 e. The number of nitrogens with zero attached hydrogens (tertiary/aromatic N) is 3. The van der Waals surface area contributed by atoms with Crippen molar-refractivity contribution in [3.05, 3.63) is 32.6 Å². The van der Waals surface area contributed by atoms with Crippen molar-refractivity contribution in [2.45, 2.75) is 51.2 Å². The van der Waals surface area contributed by atoms with Crippen LogP contribution in [-0.4, -0.2) is 70.2 Å². The first kappa shape index (κ1) is 18.4. The quantitative estimate of drug-likeness (QED) is 0.799. The summed E-state index contributed by atoms with van der Waals surface area (Å²) in [5, 5.41) is 0. The van der Waals surface area contributed by atoms with Crippen LogP contribution in [0.3, 0.4) is 0 Å². The minimum Gasteiger partial charge on any atom is -0.381 e. The molecule has 0 unspecified atom stereocenters. The van der Waals surface area contributed by atoms with Crippen LogP contribution in [-0.2, 0) is 16.1 Å². The van der Waals surface area contributed by atoms with E-state index in [1.54, 1.807) is 6.92 Å². The summed E-state index contributed by atoms with van der Waals surface area (Å²) < 4.78 is 6.81. The van der Waals surface area contributed by atoms with Crippen LogP contribution in [0.25, 0.3) is 0 Å². The van der Waals surface area contributed by atoms with Crippen LogP contribution in [0, 0.1) is 12.8 Å². The number of aryl methyl sites for hydroxylation is 1. The molecule has 0 saturated carbocycles. The molecule has 4 fully saturated rings. The number of rotatable bonds is 3. The number of H-pyrrole nitrogens is 1. The highest BCUT2D eigenvalue weighted by atomic mass is 16.5. The molecule has 1 amide bonds. The van der Waals surface area contributed by atoms with Gasteiger partial charge in [-0.1, -0.05) is 0 Å². The molecule has 2 atom stereocenters.